The van der Waals surface area contributed by atoms with E-state index in [4.69, 9.17) is 10.5 Å². The fraction of sp³-hybridized carbons (Fsp3) is 0.214. The van der Waals surface area contributed by atoms with Crippen LogP contribution >= 0.6 is 15.9 Å². The predicted molar refractivity (Wildman–Crippen MR) is 75.9 cm³/mol. The highest BCUT2D eigenvalue weighted by atomic mass is 79.9. The van der Waals surface area contributed by atoms with Crippen LogP contribution in [0.1, 0.15) is 11.1 Å². The minimum Gasteiger partial charge on any atom is -0.437 e. The molecule has 100 valence electrons. The van der Waals surface area contributed by atoms with E-state index in [-0.39, 0.29) is 5.82 Å². The summed E-state index contributed by atoms with van der Waals surface area (Å²) < 4.78 is 19.5. The first-order valence-corrected chi connectivity index (χ1v) is 6.68. The molecule has 0 aliphatic carbocycles. The molecule has 1 aromatic heterocycles. The predicted octanol–water partition coefficient (Wildman–Crippen LogP) is 3.59. The van der Waals surface area contributed by atoms with E-state index >= 15 is 0 Å². The number of ether oxygens (including phenoxy) is 1. The Kier molecular flexibility index (Phi) is 4.50. The van der Waals surface area contributed by atoms with Gasteiger partial charge in [-0.3, -0.25) is 0 Å². The average molecular weight is 325 g/mol. The molecule has 0 aliphatic rings. The summed E-state index contributed by atoms with van der Waals surface area (Å²) in [6.45, 7) is 2.48. The Bertz CT molecular complexity index is 590. The van der Waals surface area contributed by atoms with Crippen LogP contribution in [0.15, 0.2) is 34.9 Å². The SMILES string of the molecule is Cc1cc(CCN)cnc1Oc1cc(F)ccc1Br. The quantitative estimate of drug-likeness (QED) is 0.935. The van der Waals surface area contributed by atoms with Gasteiger partial charge in [0.15, 0.2) is 0 Å². The van der Waals surface area contributed by atoms with Crippen molar-refractivity contribution in [2.24, 2.45) is 5.73 Å². The maximum absolute atomic E-state index is 13.2. The summed E-state index contributed by atoms with van der Waals surface area (Å²) in [5.41, 5.74) is 7.45. The summed E-state index contributed by atoms with van der Waals surface area (Å²) in [5.74, 6) is 0.518. The van der Waals surface area contributed by atoms with Crippen LogP contribution in [0.25, 0.3) is 0 Å². The number of rotatable bonds is 4. The van der Waals surface area contributed by atoms with Crippen LogP contribution in [0.2, 0.25) is 0 Å². The molecule has 2 aromatic rings. The maximum Gasteiger partial charge on any atom is 0.222 e. The lowest BCUT2D eigenvalue weighted by Gasteiger charge is -2.10. The molecule has 2 N–H and O–H groups in total. The van der Waals surface area contributed by atoms with E-state index in [0.29, 0.717) is 22.6 Å². The van der Waals surface area contributed by atoms with E-state index in [0.717, 1.165) is 17.5 Å². The third kappa shape index (κ3) is 3.52. The number of nitrogens with zero attached hydrogens (tertiary/aromatic N) is 1. The van der Waals surface area contributed by atoms with Crippen LogP contribution in [0.3, 0.4) is 0 Å². The van der Waals surface area contributed by atoms with Crippen LogP contribution in [0, 0.1) is 12.7 Å². The second kappa shape index (κ2) is 6.12. The molecule has 0 bridgehead atoms. The average Bonchev–Trinajstić information content (AvgIpc) is 2.37. The minimum absolute atomic E-state index is 0.351. The zero-order valence-corrected chi connectivity index (χ0v) is 12.1. The second-order valence-electron chi connectivity index (χ2n) is 4.18. The number of aryl methyl sites for hydroxylation is 1. The maximum atomic E-state index is 13.2. The fourth-order valence-electron chi connectivity index (χ4n) is 1.69. The molecule has 19 heavy (non-hydrogen) atoms. The van der Waals surface area contributed by atoms with Crippen molar-refractivity contribution in [3.63, 3.8) is 0 Å². The molecule has 2 rings (SSSR count). The minimum atomic E-state index is -0.351. The summed E-state index contributed by atoms with van der Waals surface area (Å²) in [5, 5.41) is 0. The van der Waals surface area contributed by atoms with Crippen molar-refractivity contribution in [3.8, 4) is 11.6 Å². The molecule has 3 nitrogen and oxygen atoms in total. The van der Waals surface area contributed by atoms with E-state index in [2.05, 4.69) is 20.9 Å². The number of hydrogen-bond donors (Lipinski definition) is 1. The van der Waals surface area contributed by atoms with Gasteiger partial charge >= 0.3 is 0 Å². The molecule has 1 heterocycles. The van der Waals surface area contributed by atoms with Gasteiger partial charge in [0.25, 0.3) is 0 Å². The molecule has 5 heteroatoms. The highest BCUT2D eigenvalue weighted by Gasteiger charge is 2.08. The number of aromatic nitrogens is 1. The van der Waals surface area contributed by atoms with Crippen molar-refractivity contribution < 1.29 is 9.13 Å². The van der Waals surface area contributed by atoms with Gasteiger partial charge in [-0.15, -0.1) is 0 Å². The Morgan fingerprint density at radius 1 is 1.37 bits per heavy atom. The van der Waals surface area contributed by atoms with Gasteiger partial charge in [0, 0.05) is 17.8 Å². The van der Waals surface area contributed by atoms with E-state index < -0.39 is 0 Å². The number of hydrogen-bond acceptors (Lipinski definition) is 3. The Morgan fingerprint density at radius 3 is 2.84 bits per heavy atom. The van der Waals surface area contributed by atoms with Gasteiger partial charge in [0.05, 0.1) is 4.47 Å². The van der Waals surface area contributed by atoms with Gasteiger partial charge in [0.2, 0.25) is 5.88 Å². The van der Waals surface area contributed by atoms with Gasteiger partial charge < -0.3 is 10.5 Å². The molecule has 0 atom stereocenters. The highest BCUT2D eigenvalue weighted by Crippen LogP contribution is 2.30. The van der Waals surface area contributed by atoms with Crippen molar-refractivity contribution in [2.75, 3.05) is 6.54 Å². The van der Waals surface area contributed by atoms with E-state index in [9.17, 15) is 4.39 Å². The van der Waals surface area contributed by atoms with Gasteiger partial charge in [0.1, 0.15) is 11.6 Å². The van der Waals surface area contributed by atoms with Gasteiger partial charge in [-0.25, -0.2) is 9.37 Å². The fourth-order valence-corrected chi connectivity index (χ4v) is 2.02. The molecule has 0 spiro atoms. The molecule has 0 fully saturated rings. The smallest absolute Gasteiger partial charge is 0.222 e. The number of nitrogens with two attached hydrogens (primary N) is 1. The molecule has 0 radical (unpaired) electrons. The van der Waals surface area contributed by atoms with Crippen LogP contribution < -0.4 is 10.5 Å². The van der Waals surface area contributed by atoms with Gasteiger partial charge in [-0.2, -0.15) is 0 Å². The lowest BCUT2D eigenvalue weighted by Crippen LogP contribution is -2.03. The lowest BCUT2D eigenvalue weighted by atomic mass is 10.1. The molecule has 0 unspecified atom stereocenters. The third-order valence-corrected chi connectivity index (χ3v) is 3.27. The molecule has 0 saturated heterocycles. The molecule has 0 amide bonds. The highest BCUT2D eigenvalue weighted by molar-refractivity contribution is 9.10. The number of benzene rings is 1. The second-order valence-corrected chi connectivity index (χ2v) is 5.04. The van der Waals surface area contributed by atoms with Crippen LogP contribution in [-0.4, -0.2) is 11.5 Å². The van der Waals surface area contributed by atoms with Crippen LogP contribution in [0.5, 0.6) is 11.6 Å². The summed E-state index contributed by atoms with van der Waals surface area (Å²) in [4.78, 5) is 4.24. The van der Waals surface area contributed by atoms with Crippen molar-refractivity contribution in [3.05, 3.63) is 51.9 Å². The first-order valence-electron chi connectivity index (χ1n) is 5.88. The lowest BCUT2D eigenvalue weighted by molar-refractivity contribution is 0.451. The van der Waals surface area contributed by atoms with Crippen LogP contribution in [-0.2, 0) is 6.42 Å². The molecular weight excluding hydrogens is 311 g/mol. The van der Waals surface area contributed by atoms with E-state index in [1.165, 1.54) is 12.1 Å². The number of pyridine rings is 1. The Morgan fingerprint density at radius 2 is 2.16 bits per heavy atom. The van der Waals surface area contributed by atoms with Gasteiger partial charge in [-0.05, 0) is 59.6 Å². The van der Waals surface area contributed by atoms with Crippen molar-refractivity contribution in [2.45, 2.75) is 13.3 Å². The van der Waals surface area contributed by atoms with Crippen molar-refractivity contribution in [1.29, 1.82) is 0 Å². The molecule has 0 aliphatic heterocycles. The normalized spacial score (nSPS) is 10.5. The zero-order valence-electron chi connectivity index (χ0n) is 10.5. The number of halogens is 2. The van der Waals surface area contributed by atoms with Crippen molar-refractivity contribution in [1.82, 2.24) is 4.98 Å². The zero-order chi connectivity index (χ0) is 13.8. The molecule has 1 aromatic carbocycles. The largest absolute Gasteiger partial charge is 0.437 e. The first-order chi connectivity index (χ1) is 9.10. The molecule has 0 saturated carbocycles. The molecular formula is C14H14BrFN2O. The summed E-state index contributed by atoms with van der Waals surface area (Å²) in [6.07, 6.45) is 2.50. The third-order valence-electron chi connectivity index (χ3n) is 2.62. The van der Waals surface area contributed by atoms with Crippen LogP contribution in [0.4, 0.5) is 4.39 Å². The van der Waals surface area contributed by atoms with E-state index in [1.807, 2.05) is 13.0 Å². The Balaban J connectivity index is 2.25. The standard InChI is InChI=1S/C14H14BrFN2O/c1-9-6-10(4-5-17)8-18-14(9)19-13-7-11(16)2-3-12(13)15/h2-3,6-8H,4-5,17H2,1H3. The summed E-state index contributed by atoms with van der Waals surface area (Å²) in [7, 11) is 0. The monoisotopic (exact) mass is 324 g/mol. The van der Waals surface area contributed by atoms with Gasteiger partial charge in [-0.1, -0.05) is 0 Å². The topological polar surface area (TPSA) is 48.1 Å². The summed E-state index contributed by atoms with van der Waals surface area (Å²) >= 11 is 3.32. The van der Waals surface area contributed by atoms with E-state index in [1.54, 1.807) is 12.3 Å². The first kappa shape index (κ1) is 14.0. The van der Waals surface area contributed by atoms with Crippen molar-refractivity contribution >= 4 is 15.9 Å². The Labute approximate surface area is 119 Å². The summed E-state index contributed by atoms with van der Waals surface area (Å²) in [6, 6.07) is 6.26. The Hall–Kier alpha value is -1.46.